The number of carbonyl (C=O) groups is 2. The van der Waals surface area contributed by atoms with E-state index >= 15 is 0 Å². The average Bonchev–Trinajstić information content (AvgIpc) is 2.29. The Kier molecular flexibility index (Phi) is 5.85. The molecule has 0 saturated carbocycles. The van der Waals surface area contributed by atoms with Crippen LogP contribution in [-0.2, 0) is 4.79 Å². The number of carbonyl (C=O) groups excluding carboxylic acids is 1. The molecule has 5 nitrogen and oxygen atoms in total. The van der Waals surface area contributed by atoms with Gasteiger partial charge < -0.3 is 10.4 Å². The number of rotatable bonds is 2. The Labute approximate surface area is 139 Å². The molecule has 0 atom stereocenters. The van der Waals surface area contributed by atoms with E-state index in [4.69, 9.17) is 63.7 Å². The number of aromatic carboxylic acids is 1. The number of hydrogen-bond donors (Lipinski definition) is 3. The van der Waals surface area contributed by atoms with Gasteiger partial charge >= 0.3 is 5.97 Å². The van der Waals surface area contributed by atoms with Crippen LogP contribution in [0, 0.1) is 0 Å². The number of thiocarbonyl (C=S) groups is 1. The lowest BCUT2D eigenvalue weighted by molar-refractivity contribution is -0.118. The van der Waals surface area contributed by atoms with Crippen molar-refractivity contribution < 1.29 is 14.7 Å². The summed E-state index contributed by atoms with van der Waals surface area (Å²) >= 11 is 26.6. The van der Waals surface area contributed by atoms with Crippen LogP contribution in [0.2, 0.25) is 5.02 Å². The van der Waals surface area contributed by atoms with Crippen molar-refractivity contribution in [2.75, 3.05) is 5.32 Å². The number of carboxylic acids is 1. The molecule has 0 aromatic heterocycles. The third-order valence-electron chi connectivity index (χ3n) is 1.94. The second-order valence-corrected chi connectivity index (χ2v) is 6.50. The monoisotopic (exact) mass is 374 g/mol. The number of halogens is 4. The molecule has 0 unspecified atom stereocenters. The Morgan fingerprint density at radius 1 is 1.25 bits per heavy atom. The van der Waals surface area contributed by atoms with Gasteiger partial charge in [-0.25, -0.2) is 4.79 Å². The molecule has 10 heteroatoms. The maximum atomic E-state index is 11.3. The van der Waals surface area contributed by atoms with Crippen molar-refractivity contribution in [1.82, 2.24) is 5.32 Å². The number of benzene rings is 1. The summed E-state index contributed by atoms with van der Waals surface area (Å²) in [7, 11) is 0. The van der Waals surface area contributed by atoms with Crippen LogP contribution in [0.15, 0.2) is 18.2 Å². The number of amides is 1. The minimum atomic E-state index is -2.15. The van der Waals surface area contributed by atoms with E-state index in [1.54, 1.807) is 0 Å². The van der Waals surface area contributed by atoms with Crippen LogP contribution in [0.1, 0.15) is 10.4 Å². The number of carboxylic acid groups (broad SMARTS) is 1. The molecular weight excluding hydrogens is 370 g/mol. The summed E-state index contributed by atoms with van der Waals surface area (Å²) in [5.41, 5.74) is 0.189. The minimum absolute atomic E-state index is 0.0688. The molecule has 0 heterocycles. The maximum Gasteiger partial charge on any atom is 0.337 e. The Morgan fingerprint density at radius 2 is 1.85 bits per heavy atom. The van der Waals surface area contributed by atoms with E-state index in [0.717, 1.165) is 0 Å². The zero-order chi connectivity index (χ0) is 15.5. The van der Waals surface area contributed by atoms with Crippen LogP contribution in [-0.4, -0.2) is 25.9 Å². The van der Waals surface area contributed by atoms with Crippen LogP contribution in [0.5, 0.6) is 0 Å². The third kappa shape index (κ3) is 4.96. The van der Waals surface area contributed by atoms with E-state index in [1.807, 2.05) is 0 Å². The van der Waals surface area contributed by atoms with Gasteiger partial charge in [-0.1, -0.05) is 46.4 Å². The van der Waals surface area contributed by atoms with Gasteiger partial charge in [-0.15, -0.1) is 0 Å². The minimum Gasteiger partial charge on any atom is -0.478 e. The molecule has 0 aliphatic carbocycles. The molecule has 1 rings (SSSR count). The fourth-order valence-corrected chi connectivity index (χ4v) is 1.65. The molecular formula is C10H6Cl4N2O3S. The predicted octanol–water partition coefficient (Wildman–Crippen LogP) is 3.22. The summed E-state index contributed by atoms with van der Waals surface area (Å²) < 4.78 is -2.15. The van der Waals surface area contributed by atoms with Crippen molar-refractivity contribution in [3.63, 3.8) is 0 Å². The number of nitrogens with one attached hydrogen (secondary N) is 2. The van der Waals surface area contributed by atoms with Gasteiger partial charge in [-0.3, -0.25) is 10.1 Å². The van der Waals surface area contributed by atoms with E-state index in [1.165, 1.54) is 18.2 Å². The lowest BCUT2D eigenvalue weighted by Crippen LogP contribution is -2.41. The molecule has 0 fully saturated rings. The van der Waals surface area contributed by atoms with Crippen LogP contribution in [0.3, 0.4) is 0 Å². The zero-order valence-corrected chi connectivity index (χ0v) is 13.3. The molecule has 0 aliphatic heterocycles. The van der Waals surface area contributed by atoms with Gasteiger partial charge in [0.05, 0.1) is 10.6 Å². The highest BCUT2D eigenvalue weighted by atomic mass is 35.6. The molecule has 1 aromatic carbocycles. The smallest absolute Gasteiger partial charge is 0.337 e. The molecule has 0 spiro atoms. The van der Waals surface area contributed by atoms with Crippen molar-refractivity contribution in [2.24, 2.45) is 0 Å². The summed E-state index contributed by atoms with van der Waals surface area (Å²) in [6.07, 6.45) is 0. The average molecular weight is 376 g/mol. The van der Waals surface area contributed by atoms with Crippen LogP contribution >= 0.6 is 58.6 Å². The number of alkyl halides is 3. The third-order valence-corrected chi connectivity index (χ3v) is 2.99. The van der Waals surface area contributed by atoms with Gasteiger partial charge in [0.15, 0.2) is 5.11 Å². The van der Waals surface area contributed by atoms with Crippen molar-refractivity contribution in [3.8, 4) is 0 Å². The van der Waals surface area contributed by atoms with Crippen molar-refractivity contribution >= 4 is 81.3 Å². The van der Waals surface area contributed by atoms with Gasteiger partial charge in [-0.2, -0.15) is 0 Å². The van der Waals surface area contributed by atoms with Crippen molar-refractivity contribution in [2.45, 2.75) is 3.79 Å². The normalized spacial score (nSPS) is 10.8. The summed E-state index contributed by atoms with van der Waals surface area (Å²) in [5, 5.41) is 13.5. The lowest BCUT2D eigenvalue weighted by Gasteiger charge is -2.13. The summed E-state index contributed by atoms with van der Waals surface area (Å²) in [6, 6.07) is 4.09. The fraction of sp³-hybridized carbons (Fsp3) is 0.100. The van der Waals surface area contributed by atoms with Crippen LogP contribution in [0.4, 0.5) is 5.69 Å². The van der Waals surface area contributed by atoms with Gasteiger partial charge in [0.25, 0.3) is 9.70 Å². The fourth-order valence-electron chi connectivity index (χ4n) is 1.10. The first-order valence-corrected chi connectivity index (χ1v) is 6.75. The van der Waals surface area contributed by atoms with Gasteiger partial charge in [0.2, 0.25) is 0 Å². The number of anilines is 1. The number of hydrogen-bond acceptors (Lipinski definition) is 3. The zero-order valence-electron chi connectivity index (χ0n) is 9.42. The Hall–Kier alpha value is -0.790. The maximum absolute atomic E-state index is 11.3. The van der Waals surface area contributed by atoms with E-state index in [9.17, 15) is 9.59 Å². The Morgan fingerprint density at radius 3 is 2.35 bits per heavy atom. The second-order valence-electron chi connectivity index (χ2n) is 3.41. The second kappa shape index (κ2) is 6.78. The molecule has 0 bridgehead atoms. The molecule has 20 heavy (non-hydrogen) atoms. The first kappa shape index (κ1) is 17.3. The van der Waals surface area contributed by atoms with Gasteiger partial charge in [0.1, 0.15) is 0 Å². The summed E-state index contributed by atoms with van der Waals surface area (Å²) in [5.74, 6) is -2.14. The Balaban J connectivity index is 2.79. The Bertz CT molecular complexity index is 574. The van der Waals surface area contributed by atoms with Crippen LogP contribution < -0.4 is 10.6 Å². The highest BCUT2D eigenvalue weighted by Crippen LogP contribution is 2.26. The standard InChI is InChI=1S/C10H6Cl4N2O3S/c11-6-2-1-4(3-5(6)7(17)18)15-9(20)16-8(19)10(12,13)14/h1-3H,(H,17,18)(H2,15,16,19,20). The molecule has 108 valence electrons. The van der Waals surface area contributed by atoms with E-state index in [0.29, 0.717) is 5.69 Å². The molecule has 0 saturated heterocycles. The predicted molar refractivity (Wildman–Crippen MR) is 83.1 cm³/mol. The molecule has 0 aliphatic rings. The summed E-state index contributed by atoms with van der Waals surface area (Å²) in [6.45, 7) is 0. The lowest BCUT2D eigenvalue weighted by atomic mass is 10.2. The van der Waals surface area contributed by atoms with Crippen LogP contribution in [0.25, 0.3) is 0 Å². The molecule has 3 N–H and O–H groups in total. The topological polar surface area (TPSA) is 78.4 Å². The highest BCUT2D eigenvalue weighted by molar-refractivity contribution is 7.80. The largest absolute Gasteiger partial charge is 0.478 e. The molecule has 0 radical (unpaired) electrons. The van der Waals surface area contributed by atoms with E-state index in [2.05, 4.69) is 10.6 Å². The van der Waals surface area contributed by atoms with E-state index < -0.39 is 15.7 Å². The first-order chi connectivity index (χ1) is 9.11. The molecule has 1 amide bonds. The van der Waals surface area contributed by atoms with Gasteiger partial charge in [-0.05, 0) is 30.4 Å². The van der Waals surface area contributed by atoms with E-state index in [-0.39, 0.29) is 15.7 Å². The van der Waals surface area contributed by atoms with Crippen molar-refractivity contribution in [1.29, 1.82) is 0 Å². The molecule has 1 aromatic rings. The first-order valence-electron chi connectivity index (χ1n) is 4.83. The summed E-state index contributed by atoms with van der Waals surface area (Å²) in [4.78, 5) is 22.2. The SMILES string of the molecule is O=C(O)c1cc(NC(=S)NC(=O)C(Cl)(Cl)Cl)ccc1Cl. The van der Waals surface area contributed by atoms with Crippen molar-refractivity contribution in [3.05, 3.63) is 28.8 Å². The highest BCUT2D eigenvalue weighted by Gasteiger charge is 2.31. The quantitative estimate of drug-likeness (QED) is 0.546. The van der Waals surface area contributed by atoms with Gasteiger partial charge in [0, 0.05) is 5.69 Å².